The van der Waals surface area contributed by atoms with Crippen LogP contribution in [0.5, 0.6) is 0 Å². The molecule has 0 radical (unpaired) electrons. The second kappa shape index (κ2) is 8.66. The van der Waals surface area contributed by atoms with Crippen molar-refractivity contribution < 1.29 is 9.59 Å². The fourth-order valence-corrected chi connectivity index (χ4v) is 2.70. The van der Waals surface area contributed by atoms with Crippen LogP contribution in [0.15, 0.2) is 41.3 Å². The number of anilines is 1. The van der Waals surface area contributed by atoms with E-state index in [0.717, 1.165) is 6.42 Å². The predicted octanol–water partition coefficient (Wildman–Crippen LogP) is 3.16. The molecular weight excluding hydrogens is 342 g/mol. The number of nitrogens with one attached hydrogen (secondary N) is 1. The fourth-order valence-electron chi connectivity index (χ4n) is 2.70. The first-order valence-corrected chi connectivity index (χ1v) is 9.03. The molecular formula is C21H27N3O3. The molecule has 1 aromatic carbocycles. The maximum Gasteiger partial charge on any atom is 0.263 e. The standard InChI is InChI=1S/C21H27N3O3/c1-14(2)9-11-24-12-10-15(3)18(21(24)27)19(25)22-17-8-6-7-16(13-17)20(26)23(4)5/h6-8,10,12-14H,9,11H2,1-5H3,(H,22,25). The topological polar surface area (TPSA) is 71.4 Å². The number of aromatic nitrogens is 1. The summed E-state index contributed by atoms with van der Waals surface area (Å²) in [5, 5.41) is 2.74. The van der Waals surface area contributed by atoms with Gasteiger partial charge in [-0.2, -0.15) is 0 Å². The molecule has 1 N–H and O–H groups in total. The number of carbonyl (C=O) groups is 2. The summed E-state index contributed by atoms with van der Waals surface area (Å²) in [5.74, 6) is -0.156. The summed E-state index contributed by atoms with van der Waals surface area (Å²) >= 11 is 0. The average Bonchev–Trinajstić information content (AvgIpc) is 2.60. The third-order valence-corrected chi connectivity index (χ3v) is 4.32. The molecule has 2 amide bonds. The lowest BCUT2D eigenvalue weighted by Gasteiger charge is -2.13. The van der Waals surface area contributed by atoms with Crippen molar-refractivity contribution in [3.63, 3.8) is 0 Å². The molecule has 0 saturated carbocycles. The largest absolute Gasteiger partial charge is 0.345 e. The third kappa shape index (κ3) is 5.06. The number of hydrogen-bond acceptors (Lipinski definition) is 3. The van der Waals surface area contributed by atoms with Crippen LogP contribution in [0.4, 0.5) is 5.69 Å². The van der Waals surface area contributed by atoms with Crippen LogP contribution < -0.4 is 10.9 Å². The van der Waals surface area contributed by atoms with Crippen LogP contribution in [0.2, 0.25) is 0 Å². The van der Waals surface area contributed by atoms with E-state index in [1.807, 2.05) is 0 Å². The second-order valence-corrected chi connectivity index (χ2v) is 7.29. The minimum absolute atomic E-state index is 0.130. The van der Waals surface area contributed by atoms with E-state index in [1.54, 1.807) is 62.1 Å². The lowest BCUT2D eigenvalue weighted by Crippen LogP contribution is -2.30. The number of aryl methyl sites for hydroxylation is 2. The lowest BCUT2D eigenvalue weighted by atomic mass is 10.1. The highest BCUT2D eigenvalue weighted by Gasteiger charge is 2.17. The van der Waals surface area contributed by atoms with E-state index < -0.39 is 5.91 Å². The summed E-state index contributed by atoms with van der Waals surface area (Å²) in [6.45, 7) is 6.50. The van der Waals surface area contributed by atoms with Crippen molar-refractivity contribution in [2.75, 3.05) is 19.4 Å². The average molecular weight is 369 g/mol. The van der Waals surface area contributed by atoms with Gasteiger partial charge in [0, 0.05) is 38.1 Å². The summed E-state index contributed by atoms with van der Waals surface area (Å²) in [7, 11) is 3.33. The molecule has 27 heavy (non-hydrogen) atoms. The highest BCUT2D eigenvalue weighted by atomic mass is 16.2. The minimum Gasteiger partial charge on any atom is -0.345 e. The Bertz CT molecular complexity index is 898. The molecule has 6 nitrogen and oxygen atoms in total. The molecule has 0 aliphatic heterocycles. The number of carbonyl (C=O) groups excluding carboxylic acids is 2. The van der Waals surface area contributed by atoms with Crippen LogP contribution in [-0.4, -0.2) is 35.4 Å². The van der Waals surface area contributed by atoms with Gasteiger partial charge in [-0.3, -0.25) is 14.4 Å². The quantitative estimate of drug-likeness (QED) is 0.850. The third-order valence-electron chi connectivity index (χ3n) is 4.32. The zero-order chi connectivity index (χ0) is 20.1. The minimum atomic E-state index is -0.467. The first-order valence-electron chi connectivity index (χ1n) is 9.03. The zero-order valence-corrected chi connectivity index (χ0v) is 16.6. The van der Waals surface area contributed by atoms with Crippen molar-refractivity contribution in [3.05, 3.63) is 63.6 Å². The monoisotopic (exact) mass is 369 g/mol. The number of rotatable bonds is 6. The van der Waals surface area contributed by atoms with Crippen molar-refractivity contribution in [3.8, 4) is 0 Å². The molecule has 6 heteroatoms. The van der Waals surface area contributed by atoms with Gasteiger partial charge in [0.2, 0.25) is 0 Å². The number of hydrogen-bond donors (Lipinski definition) is 1. The molecule has 0 aliphatic rings. The van der Waals surface area contributed by atoms with Crippen molar-refractivity contribution in [1.29, 1.82) is 0 Å². The van der Waals surface area contributed by atoms with Gasteiger partial charge in [0.15, 0.2) is 0 Å². The summed E-state index contributed by atoms with van der Waals surface area (Å²) in [4.78, 5) is 39.0. The maximum absolute atomic E-state index is 12.7. The Morgan fingerprint density at radius 1 is 1.19 bits per heavy atom. The van der Waals surface area contributed by atoms with Crippen molar-refractivity contribution >= 4 is 17.5 Å². The predicted molar refractivity (Wildman–Crippen MR) is 107 cm³/mol. The lowest BCUT2D eigenvalue weighted by molar-refractivity contribution is 0.0827. The van der Waals surface area contributed by atoms with Crippen LogP contribution in [-0.2, 0) is 6.54 Å². The van der Waals surface area contributed by atoms with Gasteiger partial charge in [-0.05, 0) is 49.1 Å². The smallest absolute Gasteiger partial charge is 0.263 e. The van der Waals surface area contributed by atoms with Crippen LogP contribution in [0.25, 0.3) is 0 Å². The molecule has 1 heterocycles. The van der Waals surface area contributed by atoms with Crippen molar-refractivity contribution in [2.45, 2.75) is 33.7 Å². The summed E-state index contributed by atoms with van der Waals surface area (Å²) in [6.07, 6.45) is 2.59. The SMILES string of the molecule is Cc1ccn(CCC(C)C)c(=O)c1C(=O)Nc1cccc(C(=O)N(C)C)c1. The van der Waals surface area contributed by atoms with Gasteiger partial charge in [0.05, 0.1) is 0 Å². The number of benzene rings is 1. The van der Waals surface area contributed by atoms with Gasteiger partial charge in [0.1, 0.15) is 5.56 Å². The van der Waals surface area contributed by atoms with E-state index in [2.05, 4.69) is 19.2 Å². The van der Waals surface area contributed by atoms with Gasteiger partial charge < -0.3 is 14.8 Å². The Kier molecular flexibility index (Phi) is 6.55. The van der Waals surface area contributed by atoms with Gasteiger partial charge in [-0.15, -0.1) is 0 Å². The first kappa shape index (κ1) is 20.4. The normalized spacial score (nSPS) is 10.7. The number of pyridine rings is 1. The number of amides is 2. The van der Waals surface area contributed by atoms with Crippen LogP contribution >= 0.6 is 0 Å². The Hall–Kier alpha value is -2.89. The second-order valence-electron chi connectivity index (χ2n) is 7.29. The first-order chi connectivity index (χ1) is 12.7. The molecule has 0 spiro atoms. The van der Waals surface area contributed by atoms with Gasteiger partial charge >= 0.3 is 0 Å². The Morgan fingerprint density at radius 2 is 1.89 bits per heavy atom. The van der Waals surface area contributed by atoms with E-state index in [0.29, 0.717) is 29.3 Å². The molecule has 0 atom stereocenters. The Morgan fingerprint density at radius 3 is 2.52 bits per heavy atom. The Balaban J connectivity index is 2.28. The molecule has 1 aromatic heterocycles. The molecule has 0 fully saturated rings. The van der Waals surface area contributed by atoms with E-state index in [1.165, 1.54) is 4.90 Å². The fraction of sp³-hybridized carbons (Fsp3) is 0.381. The molecule has 0 aliphatic carbocycles. The van der Waals surface area contributed by atoms with Crippen LogP contribution in [0, 0.1) is 12.8 Å². The van der Waals surface area contributed by atoms with Crippen molar-refractivity contribution in [1.82, 2.24) is 9.47 Å². The van der Waals surface area contributed by atoms with Crippen LogP contribution in [0.1, 0.15) is 46.5 Å². The zero-order valence-electron chi connectivity index (χ0n) is 16.6. The van der Waals surface area contributed by atoms with E-state index >= 15 is 0 Å². The molecule has 2 aromatic rings. The van der Waals surface area contributed by atoms with Crippen molar-refractivity contribution in [2.24, 2.45) is 5.92 Å². The van der Waals surface area contributed by atoms with Gasteiger partial charge in [0.25, 0.3) is 17.4 Å². The maximum atomic E-state index is 12.7. The molecule has 144 valence electrons. The van der Waals surface area contributed by atoms with E-state index in [4.69, 9.17) is 0 Å². The van der Waals surface area contributed by atoms with Gasteiger partial charge in [-0.1, -0.05) is 19.9 Å². The molecule has 0 saturated heterocycles. The molecule has 2 rings (SSSR count). The highest BCUT2D eigenvalue weighted by molar-refractivity contribution is 6.05. The summed E-state index contributed by atoms with van der Waals surface area (Å²) < 4.78 is 1.58. The molecule has 0 bridgehead atoms. The summed E-state index contributed by atoms with van der Waals surface area (Å²) in [5.41, 5.74) is 1.40. The highest BCUT2D eigenvalue weighted by Crippen LogP contribution is 2.14. The summed E-state index contributed by atoms with van der Waals surface area (Å²) in [6, 6.07) is 8.47. The van der Waals surface area contributed by atoms with E-state index in [-0.39, 0.29) is 17.0 Å². The van der Waals surface area contributed by atoms with Gasteiger partial charge in [-0.25, -0.2) is 0 Å². The van der Waals surface area contributed by atoms with Crippen LogP contribution in [0.3, 0.4) is 0 Å². The Labute approximate surface area is 159 Å². The number of nitrogens with zero attached hydrogens (tertiary/aromatic N) is 2. The molecule has 0 unspecified atom stereocenters. The van der Waals surface area contributed by atoms with E-state index in [9.17, 15) is 14.4 Å².